The largest absolute Gasteiger partial charge is 0.256 e. The maximum Gasteiger partial charge on any atom is 0.160 e. The molecule has 0 aliphatic rings. The van der Waals surface area contributed by atoms with Gasteiger partial charge in [0.25, 0.3) is 0 Å². The first kappa shape index (κ1) is 29.4. The topological polar surface area (TPSA) is 51.6 Å². The highest BCUT2D eigenvalue weighted by atomic mass is 14.9. The van der Waals surface area contributed by atoms with Crippen LogP contribution in [0.4, 0.5) is 0 Å². The van der Waals surface area contributed by atoms with Gasteiger partial charge in [-0.1, -0.05) is 103 Å². The van der Waals surface area contributed by atoms with E-state index in [0.717, 1.165) is 77.9 Å². The van der Waals surface area contributed by atoms with E-state index in [1.807, 2.05) is 60.9 Å². The Labute approximate surface area is 290 Å². The monoisotopic (exact) mass is 638 g/mol. The molecular weight excluding hydrogens is 609 g/mol. The third-order valence-corrected chi connectivity index (χ3v) is 9.13. The Balaban J connectivity index is 1.29. The van der Waals surface area contributed by atoms with E-state index >= 15 is 0 Å². The standard InChI is InChI=1S/C46H30N4/c1-2-13-31(14-3-1)33-25-34(35-26-36(42-20-8-10-23-47-42)30-37(27-35)43-21-9-11-24-48-43)29-38(28-33)46-49-44-22-7-6-18-41(44)45(50-46)40-19-12-16-32-15-4-5-17-39(32)40/h1-30H. The summed E-state index contributed by atoms with van der Waals surface area (Å²) >= 11 is 0. The number of nitrogens with zero attached hydrogens (tertiary/aromatic N) is 4. The minimum Gasteiger partial charge on any atom is -0.256 e. The van der Waals surface area contributed by atoms with E-state index in [4.69, 9.17) is 19.9 Å². The summed E-state index contributed by atoms with van der Waals surface area (Å²) in [6.45, 7) is 0. The highest BCUT2D eigenvalue weighted by Crippen LogP contribution is 2.38. The van der Waals surface area contributed by atoms with Crippen LogP contribution >= 0.6 is 0 Å². The molecule has 0 unspecified atom stereocenters. The van der Waals surface area contributed by atoms with Crippen molar-refractivity contribution < 1.29 is 0 Å². The lowest BCUT2D eigenvalue weighted by molar-refractivity contribution is 1.23. The molecule has 0 fully saturated rings. The van der Waals surface area contributed by atoms with Crippen LogP contribution in [0.25, 0.3) is 89.1 Å². The summed E-state index contributed by atoms with van der Waals surface area (Å²) in [7, 11) is 0. The van der Waals surface area contributed by atoms with Crippen LogP contribution in [0.2, 0.25) is 0 Å². The third kappa shape index (κ3) is 5.59. The summed E-state index contributed by atoms with van der Waals surface area (Å²) in [5, 5.41) is 3.37. The van der Waals surface area contributed by atoms with Gasteiger partial charge in [-0.25, -0.2) is 9.97 Å². The lowest BCUT2D eigenvalue weighted by Gasteiger charge is -2.15. The Morgan fingerprint density at radius 3 is 1.58 bits per heavy atom. The fourth-order valence-electron chi connectivity index (χ4n) is 6.72. The number of fused-ring (bicyclic) bond motifs is 2. The second kappa shape index (κ2) is 12.7. The lowest BCUT2D eigenvalue weighted by Crippen LogP contribution is -1.97. The predicted octanol–water partition coefficient (Wildman–Crippen LogP) is 11.6. The molecule has 0 saturated carbocycles. The van der Waals surface area contributed by atoms with Crippen molar-refractivity contribution in [1.82, 2.24) is 19.9 Å². The van der Waals surface area contributed by atoms with E-state index in [1.165, 1.54) is 5.39 Å². The minimum atomic E-state index is 0.677. The number of pyridine rings is 2. The Morgan fingerprint density at radius 2 is 0.880 bits per heavy atom. The van der Waals surface area contributed by atoms with E-state index in [0.29, 0.717) is 5.82 Å². The fraction of sp³-hybridized carbons (Fsp3) is 0. The molecule has 234 valence electrons. The zero-order valence-electron chi connectivity index (χ0n) is 27.1. The van der Waals surface area contributed by atoms with E-state index in [1.54, 1.807) is 0 Å². The van der Waals surface area contributed by atoms with Crippen molar-refractivity contribution in [3.05, 3.63) is 182 Å². The normalized spacial score (nSPS) is 11.2. The van der Waals surface area contributed by atoms with Crippen molar-refractivity contribution in [2.75, 3.05) is 0 Å². The van der Waals surface area contributed by atoms with Crippen LogP contribution in [0.3, 0.4) is 0 Å². The number of hydrogen-bond acceptors (Lipinski definition) is 4. The molecule has 0 bridgehead atoms. The number of para-hydroxylation sites is 1. The SMILES string of the molecule is c1ccc(-c2cc(-c3cc(-c4ccccn4)cc(-c4ccccn4)c3)cc(-c3nc(-c4cccc5ccccc45)c4ccccc4n3)c2)cc1. The molecule has 0 radical (unpaired) electrons. The molecular formula is C46H30N4. The van der Waals surface area contributed by atoms with Crippen LogP contribution in [0.5, 0.6) is 0 Å². The molecule has 9 rings (SSSR count). The highest BCUT2D eigenvalue weighted by molar-refractivity contribution is 6.03. The molecule has 3 aromatic heterocycles. The van der Waals surface area contributed by atoms with Crippen LogP contribution in [0.1, 0.15) is 0 Å². The van der Waals surface area contributed by atoms with Crippen LogP contribution in [0.15, 0.2) is 182 Å². The second-order valence-electron chi connectivity index (χ2n) is 12.3. The average Bonchev–Trinajstić information content (AvgIpc) is 3.21. The van der Waals surface area contributed by atoms with E-state index in [9.17, 15) is 0 Å². The molecule has 6 aromatic carbocycles. The Morgan fingerprint density at radius 1 is 0.340 bits per heavy atom. The van der Waals surface area contributed by atoms with Crippen LogP contribution in [-0.2, 0) is 0 Å². The van der Waals surface area contributed by atoms with Crippen LogP contribution in [-0.4, -0.2) is 19.9 Å². The number of hydrogen-bond donors (Lipinski definition) is 0. The number of aromatic nitrogens is 4. The molecule has 9 aromatic rings. The van der Waals surface area contributed by atoms with Crippen molar-refractivity contribution in [3.63, 3.8) is 0 Å². The summed E-state index contributed by atoms with van der Waals surface area (Å²) < 4.78 is 0. The second-order valence-corrected chi connectivity index (χ2v) is 12.3. The van der Waals surface area contributed by atoms with Gasteiger partial charge in [-0.2, -0.15) is 0 Å². The van der Waals surface area contributed by atoms with Crippen molar-refractivity contribution in [1.29, 1.82) is 0 Å². The Bertz CT molecular complexity index is 2570. The van der Waals surface area contributed by atoms with Crippen molar-refractivity contribution >= 4 is 21.7 Å². The summed E-state index contributed by atoms with van der Waals surface area (Å²) in [5.74, 6) is 0.677. The van der Waals surface area contributed by atoms with Gasteiger partial charge in [0.05, 0.1) is 22.6 Å². The summed E-state index contributed by atoms with van der Waals surface area (Å²) in [5.41, 5.74) is 12.0. The van der Waals surface area contributed by atoms with Crippen molar-refractivity contribution in [2.45, 2.75) is 0 Å². The molecule has 50 heavy (non-hydrogen) atoms. The van der Waals surface area contributed by atoms with Gasteiger partial charge in [0.15, 0.2) is 5.82 Å². The molecule has 0 N–H and O–H groups in total. The summed E-state index contributed by atoms with van der Waals surface area (Å²) in [6, 6.07) is 59.0. The van der Waals surface area contributed by atoms with Gasteiger partial charge in [0.2, 0.25) is 0 Å². The Hall–Kier alpha value is -6.78. The highest BCUT2D eigenvalue weighted by Gasteiger charge is 2.17. The predicted molar refractivity (Wildman–Crippen MR) is 205 cm³/mol. The van der Waals surface area contributed by atoms with Gasteiger partial charge in [0, 0.05) is 40.0 Å². The van der Waals surface area contributed by atoms with E-state index in [-0.39, 0.29) is 0 Å². The molecule has 4 heteroatoms. The average molecular weight is 639 g/mol. The van der Waals surface area contributed by atoms with Crippen molar-refractivity contribution in [3.8, 4) is 67.4 Å². The van der Waals surface area contributed by atoms with Gasteiger partial charge in [-0.15, -0.1) is 0 Å². The molecule has 0 aliphatic carbocycles. The molecule has 0 aliphatic heterocycles. The van der Waals surface area contributed by atoms with Gasteiger partial charge in [-0.05, 0) is 99.8 Å². The van der Waals surface area contributed by atoms with Crippen LogP contribution in [0, 0.1) is 0 Å². The number of rotatable bonds is 6. The van der Waals surface area contributed by atoms with Gasteiger partial charge < -0.3 is 0 Å². The summed E-state index contributed by atoms with van der Waals surface area (Å²) in [4.78, 5) is 19.9. The molecule has 0 atom stereocenters. The molecule has 4 nitrogen and oxygen atoms in total. The van der Waals surface area contributed by atoms with Crippen molar-refractivity contribution in [2.24, 2.45) is 0 Å². The van der Waals surface area contributed by atoms with E-state index < -0.39 is 0 Å². The minimum absolute atomic E-state index is 0.677. The quantitative estimate of drug-likeness (QED) is 0.182. The molecule has 0 spiro atoms. The third-order valence-electron chi connectivity index (χ3n) is 9.13. The first-order chi connectivity index (χ1) is 24.8. The smallest absolute Gasteiger partial charge is 0.160 e. The molecule has 3 heterocycles. The first-order valence-corrected chi connectivity index (χ1v) is 16.7. The van der Waals surface area contributed by atoms with Gasteiger partial charge >= 0.3 is 0 Å². The molecule has 0 amide bonds. The van der Waals surface area contributed by atoms with Gasteiger partial charge in [-0.3, -0.25) is 9.97 Å². The zero-order chi connectivity index (χ0) is 33.3. The maximum atomic E-state index is 5.36. The lowest BCUT2D eigenvalue weighted by atomic mass is 9.92. The number of benzene rings is 6. The molecule has 0 saturated heterocycles. The van der Waals surface area contributed by atoms with Crippen LogP contribution < -0.4 is 0 Å². The van der Waals surface area contributed by atoms with Gasteiger partial charge in [0.1, 0.15) is 0 Å². The zero-order valence-corrected chi connectivity index (χ0v) is 27.1. The van der Waals surface area contributed by atoms with E-state index in [2.05, 4.69) is 121 Å². The maximum absolute atomic E-state index is 5.36. The Kier molecular flexibility index (Phi) is 7.45. The fourth-order valence-corrected chi connectivity index (χ4v) is 6.72. The first-order valence-electron chi connectivity index (χ1n) is 16.7. The summed E-state index contributed by atoms with van der Waals surface area (Å²) in [6.07, 6.45) is 3.67.